The fourth-order valence-electron chi connectivity index (χ4n) is 2.27. The lowest BCUT2D eigenvalue weighted by Crippen LogP contribution is -2.21. The molecule has 2 atom stereocenters. The molecule has 0 saturated carbocycles. The minimum atomic E-state index is -0.928. The van der Waals surface area contributed by atoms with Crippen LogP contribution in [0.25, 0.3) is 0 Å². The molecule has 1 heterocycles. The highest BCUT2D eigenvalue weighted by molar-refractivity contribution is 5.94. The lowest BCUT2D eigenvalue weighted by molar-refractivity contribution is 0.0697. The van der Waals surface area contributed by atoms with Crippen molar-refractivity contribution in [3.63, 3.8) is 0 Å². The highest BCUT2D eigenvalue weighted by atomic mass is 16.4. The van der Waals surface area contributed by atoms with Gasteiger partial charge in [0.2, 0.25) is 0 Å². The number of carbonyl (C=O) groups is 1. The number of carboxylic acid groups (broad SMARTS) is 1. The maximum absolute atomic E-state index is 11.3. The van der Waals surface area contributed by atoms with Gasteiger partial charge in [-0.15, -0.1) is 0 Å². The van der Waals surface area contributed by atoms with Crippen LogP contribution in [0.15, 0.2) is 6.07 Å². The molecule has 0 radical (unpaired) electrons. The summed E-state index contributed by atoms with van der Waals surface area (Å²) in [6, 6.07) is 2.01. The molecule has 4 nitrogen and oxygen atoms in total. The predicted molar refractivity (Wildman–Crippen MR) is 77.8 cm³/mol. The summed E-state index contributed by atoms with van der Waals surface area (Å²) in [5.41, 5.74) is 1.86. The SMILES string of the molecule is CCC(C)CC(C)Nc1nc(C)cc(C)c1C(=O)O. The molecule has 1 aromatic heterocycles. The number of aromatic carboxylic acids is 1. The molecule has 1 rings (SSSR count). The number of hydrogen-bond acceptors (Lipinski definition) is 3. The summed E-state index contributed by atoms with van der Waals surface area (Å²) in [7, 11) is 0. The van der Waals surface area contributed by atoms with Crippen LogP contribution in [0, 0.1) is 19.8 Å². The van der Waals surface area contributed by atoms with Crippen molar-refractivity contribution in [2.75, 3.05) is 5.32 Å². The van der Waals surface area contributed by atoms with Crippen LogP contribution in [0.2, 0.25) is 0 Å². The molecule has 0 aliphatic heterocycles. The first kappa shape index (κ1) is 15.5. The molecule has 106 valence electrons. The van der Waals surface area contributed by atoms with E-state index < -0.39 is 5.97 Å². The van der Waals surface area contributed by atoms with E-state index in [9.17, 15) is 9.90 Å². The van der Waals surface area contributed by atoms with Gasteiger partial charge in [0.15, 0.2) is 0 Å². The highest BCUT2D eigenvalue weighted by Gasteiger charge is 2.17. The number of pyridine rings is 1. The van der Waals surface area contributed by atoms with Gasteiger partial charge in [-0.25, -0.2) is 9.78 Å². The number of rotatable bonds is 6. The molecule has 2 N–H and O–H groups in total. The van der Waals surface area contributed by atoms with Gasteiger partial charge >= 0.3 is 5.97 Å². The number of hydrogen-bond donors (Lipinski definition) is 2. The Bertz CT molecular complexity index is 458. The van der Waals surface area contributed by atoms with Crippen molar-refractivity contribution < 1.29 is 9.90 Å². The second-order valence-corrected chi connectivity index (χ2v) is 5.40. The monoisotopic (exact) mass is 264 g/mol. The Kier molecular flexibility index (Phi) is 5.33. The topological polar surface area (TPSA) is 62.2 Å². The normalized spacial score (nSPS) is 13.9. The first-order valence-electron chi connectivity index (χ1n) is 6.83. The zero-order chi connectivity index (χ0) is 14.6. The molecule has 0 spiro atoms. The fraction of sp³-hybridized carbons (Fsp3) is 0.600. The largest absolute Gasteiger partial charge is 0.478 e. The summed E-state index contributed by atoms with van der Waals surface area (Å²) < 4.78 is 0. The van der Waals surface area contributed by atoms with Crippen LogP contribution in [0.5, 0.6) is 0 Å². The molecule has 1 aromatic rings. The Morgan fingerprint density at radius 3 is 2.58 bits per heavy atom. The second-order valence-electron chi connectivity index (χ2n) is 5.40. The first-order valence-corrected chi connectivity index (χ1v) is 6.83. The molecule has 0 aliphatic carbocycles. The molecule has 0 saturated heterocycles. The average molecular weight is 264 g/mol. The van der Waals surface area contributed by atoms with Crippen molar-refractivity contribution >= 4 is 11.8 Å². The van der Waals surface area contributed by atoms with Crippen LogP contribution in [0.1, 0.15) is 55.2 Å². The minimum Gasteiger partial charge on any atom is -0.478 e. The van der Waals surface area contributed by atoms with Crippen LogP contribution < -0.4 is 5.32 Å². The molecule has 0 fully saturated rings. The van der Waals surface area contributed by atoms with Crippen LogP contribution in [0.4, 0.5) is 5.82 Å². The van der Waals surface area contributed by atoms with Gasteiger partial charge in [0.05, 0.1) is 0 Å². The van der Waals surface area contributed by atoms with Crippen LogP contribution in [0.3, 0.4) is 0 Å². The number of nitrogens with one attached hydrogen (secondary N) is 1. The molecule has 2 unspecified atom stereocenters. The van der Waals surface area contributed by atoms with Crippen molar-refractivity contribution in [2.24, 2.45) is 5.92 Å². The molecular formula is C15H24N2O2. The average Bonchev–Trinajstić information content (AvgIpc) is 2.26. The number of aromatic nitrogens is 1. The third-order valence-electron chi connectivity index (χ3n) is 3.39. The highest BCUT2D eigenvalue weighted by Crippen LogP contribution is 2.21. The van der Waals surface area contributed by atoms with E-state index in [2.05, 4.69) is 31.1 Å². The Morgan fingerprint density at radius 2 is 2.05 bits per heavy atom. The Labute approximate surface area is 115 Å². The smallest absolute Gasteiger partial charge is 0.339 e. The van der Waals surface area contributed by atoms with Gasteiger partial charge < -0.3 is 10.4 Å². The van der Waals surface area contributed by atoms with E-state index in [4.69, 9.17) is 0 Å². The summed E-state index contributed by atoms with van der Waals surface area (Å²) >= 11 is 0. The summed E-state index contributed by atoms with van der Waals surface area (Å²) in [4.78, 5) is 15.7. The Hall–Kier alpha value is -1.58. The van der Waals surface area contributed by atoms with Gasteiger partial charge in [-0.1, -0.05) is 20.3 Å². The van der Waals surface area contributed by atoms with Gasteiger partial charge in [0.1, 0.15) is 11.4 Å². The molecule has 0 amide bonds. The Balaban J connectivity index is 2.96. The fourth-order valence-corrected chi connectivity index (χ4v) is 2.27. The second kappa shape index (κ2) is 6.55. The van der Waals surface area contributed by atoms with Crippen LogP contribution in [-0.4, -0.2) is 22.1 Å². The number of anilines is 1. The van der Waals surface area contributed by atoms with Crippen molar-refractivity contribution in [1.82, 2.24) is 4.98 Å². The maximum Gasteiger partial charge on any atom is 0.339 e. The molecule has 0 aliphatic rings. The van der Waals surface area contributed by atoms with E-state index in [1.54, 1.807) is 6.07 Å². The number of nitrogens with zero attached hydrogens (tertiary/aromatic N) is 1. The van der Waals surface area contributed by atoms with Crippen LogP contribution in [-0.2, 0) is 0 Å². The summed E-state index contributed by atoms with van der Waals surface area (Å²) in [5.74, 6) is 0.172. The summed E-state index contributed by atoms with van der Waals surface area (Å²) in [6.07, 6.45) is 2.13. The predicted octanol–water partition coefficient (Wildman–Crippen LogP) is 3.63. The lowest BCUT2D eigenvalue weighted by atomic mass is 10.00. The maximum atomic E-state index is 11.3. The third-order valence-corrected chi connectivity index (χ3v) is 3.39. The number of aryl methyl sites for hydroxylation is 2. The van der Waals surface area contributed by atoms with Gasteiger partial charge in [-0.05, 0) is 44.7 Å². The van der Waals surface area contributed by atoms with Crippen molar-refractivity contribution in [2.45, 2.75) is 53.5 Å². The van der Waals surface area contributed by atoms with E-state index in [0.29, 0.717) is 11.7 Å². The van der Waals surface area contributed by atoms with E-state index >= 15 is 0 Å². The standard InChI is InChI=1S/C15H24N2O2/c1-6-9(2)7-11(4)16-14-13(15(18)19)10(3)8-12(5)17-14/h8-9,11H,6-7H2,1-5H3,(H,16,17)(H,18,19). The minimum absolute atomic E-state index is 0.210. The van der Waals surface area contributed by atoms with E-state index in [1.165, 1.54) is 0 Å². The molecule has 0 aromatic carbocycles. The van der Waals surface area contributed by atoms with Gasteiger partial charge in [0, 0.05) is 11.7 Å². The van der Waals surface area contributed by atoms with Gasteiger partial charge in [-0.2, -0.15) is 0 Å². The van der Waals surface area contributed by atoms with Crippen molar-refractivity contribution in [3.8, 4) is 0 Å². The van der Waals surface area contributed by atoms with Gasteiger partial charge in [0.25, 0.3) is 0 Å². The van der Waals surface area contributed by atoms with Crippen molar-refractivity contribution in [3.05, 3.63) is 22.9 Å². The van der Waals surface area contributed by atoms with E-state index in [0.717, 1.165) is 24.1 Å². The lowest BCUT2D eigenvalue weighted by Gasteiger charge is -2.20. The molecular weight excluding hydrogens is 240 g/mol. The van der Waals surface area contributed by atoms with E-state index in [1.807, 2.05) is 13.8 Å². The molecule has 0 bridgehead atoms. The van der Waals surface area contributed by atoms with E-state index in [-0.39, 0.29) is 11.6 Å². The van der Waals surface area contributed by atoms with Crippen molar-refractivity contribution in [1.29, 1.82) is 0 Å². The Morgan fingerprint density at radius 1 is 1.42 bits per heavy atom. The quantitative estimate of drug-likeness (QED) is 0.823. The molecule has 19 heavy (non-hydrogen) atoms. The van der Waals surface area contributed by atoms with Gasteiger partial charge in [-0.3, -0.25) is 0 Å². The first-order chi connectivity index (χ1) is 8.85. The van der Waals surface area contributed by atoms with Crippen LogP contribution >= 0.6 is 0 Å². The summed E-state index contributed by atoms with van der Waals surface area (Å²) in [6.45, 7) is 10.1. The summed E-state index contributed by atoms with van der Waals surface area (Å²) in [5, 5.41) is 12.5. The zero-order valence-electron chi connectivity index (χ0n) is 12.4. The zero-order valence-corrected chi connectivity index (χ0v) is 12.4. The molecule has 4 heteroatoms. The third kappa shape index (κ3) is 4.23. The number of carboxylic acids is 1.